The molecule has 0 spiro atoms. The molecule has 0 bridgehead atoms. The number of rotatable bonds is 3. The summed E-state index contributed by atoms with van der Waals surface area (Å²) in [4.78, 5) is 21.5. The molecule has 3 aliphatic rings. The van der Waals surface area contributed by atoms with Crippen LogP contribution in [-0.2, 0) is 17.7 Å². The Balaban J connectivity index is 1.41. The third-order valence-electron chi connectivity index (χ3n) is 6.36. The maximum absolute atomic E-state index is 5.95. The van der Waals surface area contributed by atoms with E-state index in [0.29, 0.717) is 5.92 Å². The van der Waals surface area contributed by atoms with Gasteiger partial charge in [0.25, 0.3) is 0 Å². The van der Waals surface area contributed by atoms with Crippen molar-refractivity contribution >= 4 is 11.3 Å². The molecular weight excluding hydrogens is 366 g/mol. The third kappa shape index (κ3) is 2.80. The van der Waals surface area contributed by atoms with Gasteiger partial charge in [-0.25, -0.2) is 24.5 Å². The summed E-state index contributed by atoms with van der Waals surface area (Å²) in [5.74, 6) is 3.44. The predicted octanol–water partition coefficient (Wildman–Crippen LogP) is 2.82. The SMILES string of the molecule is Cc1nc(C2CC2)nc2c1CN(c1ncnn3c(C)nc([C@@H]4CCCO4)c13)CC2. The summed E-state index contributed by atoms with van der Waals surface area (Å²) in [6.07, 6.45) is 7.11. The molecule has 1 saturated heterocycles. The molecule has 2 aliphatic heterocycles. The van der Waals surface area contributed by atoms with Crippen LogP contribution in [0.3, 0.4) is 0 Å². The zero-order valence-electron chi connectivity index (χ0n) is 16.9. The maximum Gasteiger partial charge on any atom is 0.158 e. The molecule has 3 aromatic rings. The van der Waals surface area contributed by atoms with Gasteiger partial charge in [0.1, 0.15) is 35.3 Å². The number of imidazole rings is 1. The first-order valence-corrected chi connectivity index (χ1v) is 10.6. The van der Waals surface area contributed by atoms with Crippen molar-refractivity contribution in [1.29, 1.82) is 0 Å². The molecule has 0 amide bonds. The second-order valence-electron chi connectivity index (χ2n) is 8.43. The number of anilines is 1. The molecule has 0 radical (unpaired) electrons. The zero-order valence-corrected chi connectivity index (χ0v) is 16.9. The van der Waals surface area contributed by atoms with Crippen molar-refractivity contribution < 1.29 is 4.74 Å². The van der Waals surface area contributed by atoms with Crippen molar-refractivity contribution in [3.63, 3.8) is 0 Å². The second-order valence-corrected chi connectivity index (χ2v) is 8.43. The molecule has 1 atom stereocenters. The van der Waals surface area contributed by atoms with Crippen molar-refractivity contribution in [3.05, 3.63) is 40.6 Å². The van der Waals surface area contributed by atoms with Gasteiger partial charge in [0, 0.05) is 43.3 Å². The van der Waals surface area contributed by atoms with Crippen LogP contribution in [0.15, 0.2) is 6.33 Å². The van der Waals surface area contributed by atoms with Crippen LogP contribution in [0.5, 0.6) is 0 Å². The van der Waals surface area contributed by atoms with Gasteiger partial charge >= 0.3 is 0 Å². The Labute approximate surface area is 169 Å². The van der Waals surface area contributed by atoms with Crippen molar-refractivity contribution in [2.75, 3.05) is 18.1 Å². The van der Waals surface area contributed by atoms with Gasteiger partial charge in [-0.15, -0.1) is 0 Å². The van der Waals surface area contributed by atoms with E-state index in [0.717, 1.165) is 73.3 Å². The van der Waals surface area contributed by atoms with E-state index in [9.17, 15) is 0 Å². The molecule has 6 rings (SSSR count). The molecule has 0 N–H and O–H groups in total. The fourth-order valence-electron chi connectivity index (χ4n) is 4.65. The molecular formula is C21H25N7O. The summed E-state index contributed by atoms with van der Waals surface area (Å²) in [6.45, 7) is 6.56. The Hall–Kier alpha value is -2.61. The summed E-state index contributed by atoms with van der Waals surface area (Å²) in [7, 11) is 0. The summed E-state index contributed by atoms with van der Waals surface area (Å²) < 4.78 is 7.86. The molecule has 1 saturated carbocycles. The van der Waals surface area contributed by atoms with Gasteiger partial charge in [0.2, 0.25) is 0 Å². The van der Waals surface area contributed by atoms with E-state index >= 15 is 0 Å². The largest absolute Gasteiger partial charge is 0.372 e. The number of fused-ring (bicyclic) bond motifs is 2. The van der Waals surface area contributed by atoms with E-state index in [1.807, 2.05) is 11.4 Å². The van der Waals surface area contributed by atoms with Crippen molar-refractivity contribution in [2.24, 2.45) is 0 Å². The number of aromatic nitrogens is 6. The normalized spacial score (nSPS) is 21.7. The Morgan fingerprint density at radius 2 is 2.00 bits per heavy atom. The molecule has 5 heterocycles. The van der Waals surface area contributed by atoms with Crippen molar-refractivity contribution in [2.45, 2.75) is 64.5 Å². The summed E-state index contributed by atoms with van der Waals surface area (Å²) >= 11 is 0. The number of nitrogens with zero attached hydrogens (tertiary/aromatic N) is 7. The molecule has 150 valence electrons. The minimum atomic E-state index is 0.0340. The molecule has 29 heavy (non-hydrogen) atoms. The van der Waals surface area contributed by atoms with Gasteiger partial charge in [0.15, 0.2) is 5.82 Å². The van der Waals surface area contributed by atoms with E-state index in [-0.39, 0.29) is 6.10 Å². The highest BCUT2D eigenvalue weighted by Crippen LogP contribution is 2.39. The topological polar surface area (TPSA) is 81.3 Å². The van der Waals surface area contributed by atoms with E-state index in [2.05, 4.69) is 16.9 Å². The van der Waals surface area contributed by atoms with E-state index in [1.54, 1.807) is 6.33 Å². The van der Waals surface area contributed by atoms with E-state index in [4.69, 9.17) is 24.7 Å². The van der Waals surface area contributed by atoms with Gasteiger partial charge in [0.05, 0.1) is 5.69 Å². The minimum Gasteiger partial charge on any atom is -0.372 e. The third-order valence-corrected chi connectivity index (χ3v) is 6.36. The lowest BCUT2D eigenvalue weighted by Crippen LogP contribution is -2.33. The first-order valence-electron chi connectivity index (χ1n) is 10.6. The van der Waals surface area contributed by atoms with Crippen LogP contribution in [-0.4, -0.2) is 42.7 Å². The lowest BCUT2D eigenvalue weighted by atomic mass is 10.0. The number of ether oxygens (including phenoxy) is 1. The van der Waals surface area contributed by atoms with Crippen molar-refractivity contribution in [1.82, 2.24) is 29.5 Å². The first-order chi connectivity index (χ1) is 14.2. The number of aryl methyl sites for hydroxylation is 2. The van der Waals surface area contributed by atoms with E-state index < -0.39 is 0 Å². The summed E-state index contributed by atoms with van der Waals surface area (Å²) in [6, 6.07) is 0. The van der Waals surface area contributed by atoms with Crippen LogP contribution < -0.4 is 4.90 Å². The van der Waals surface area contributed by atoms with Crippen LogP contribution in [0.25, 0.3) is 5.52 Å². The molecule has 3 aromatic heterocycles. The molecule has 8 nitrogen and oxygen atoms in total. The summed E-state index contributed by atoms with van der Waals surface area (Å²) in [5, 5.41) is 4.46. The average Bonchev–Trinajstić information content (AvgIpc) is 3.34. The lowest BCUT2D eigenvalue weighted by molar-refractivity contribution is 0.110. The fourth-order valence-corrected chi connectivity index (χ4v) is 4.65. The number of hydrogen-bond acceptors (Lipinski definition) is 7. The quantitative estimate of drug-likeness (QED) is 0.679. The number of hydrogen-bond donors (Lipinski definition) is 0. The Morgan fingerprint density at radius 1 is 1.10 bits per heavy atom. The predicted molar refractivity (Wildman–Crippen MR) is 107 cm³/mol. The highest BCUT2D eigenvalue weighted by molar-refractivity contribution is 5.73. The van der Waals surface area contributed by atoms with Gasteiger partial charge in [-0.2, -0.15) is 5.10 Å². The smallest absolute Gasteiger partial charge is 0.158 e. The summed E-state index contributed by atoms with van der Waals surface area (Å²) in [5.41, 5.74) is 5.51. The molecule has 2 fully saturated rings. The molecule has 8 heteroatoms. The van der Waals surface area contributed by atoms with Crippen molar-refractivity contribution in [3.8, 4) is 0 Å². The van der Waals surface area contributed by atoms with E-state index in [1.165, 1.54) is 24.1 Å². The molecule has 0 aromatic carbocycles. The van der Waals surface area contributed by atoms with Crippen LogP contribution in [0.4, 0.5) is 5.82 Å². The average molecular weight is 391 g/mol. The standard InChI is InChI=1S/C21H25N7O/c1-12-15-10-27(8-7-16(15)26-20(24-12)14-5-6-14)21-19-18(17-4-3-9-29-17)25-13(2)28(19)23-11-22-21/h11,14,17H,3-10H2,1-2H3/t17-/m0/s1. The highest BCUT2D eigenvalue weighted by atomic mass is 16.5. The van der Waals surface area contributed by atoms with Crippen LogP contribution in [0.2, 0.25) is 0 Å². The fraction of sp³-hybridized carbons (Fsp3) is 0.571. The lowest BCUT2D eigenvalue weighted by Gasteiger charge is -2.30. The van der Waals surface area contributed by atoms with Crippen LogP contribution >= 0.6 is 0 Å². The minimum absolute atomic E-state index is 0.0340. The maximum atomic E-state index is 5.95. The van der Waals surface area contributed by atoms with Crippen LogP contribution in [0.1, 0.15) is 72.0 Å². The first kappa shape index (κ1) is 17.3. The van der Waals surface area contributed by atoms with Gasteiger partial charge in [-0.3, -0.25) is 0 Å². The Kier molecular flexibility index (Phi) is 3.84. The van der Waals surface area contributed by atoms with Gasteiger partial charge in [-0.05, 0) is 39.5 Å². The molecule has 1 aliphatic carbocycles. The second kappa shape index (κ2) is 6.45. The van der Waals surface area contributed by atoms with Gasteiger partial charge < -0.3 is 9.64 Å². The van der Waals surface area contributed by atoms with Gasteiger partial charge in [-0.1, -0.05) is 0 Å². The highest BCUT2D eigenvalue weighted by Gasteiger charge is 2.32. The Morgan fingerprint density at radius 3 is 2.79 bits per heavy atom. The monoisotopic (exact) mass is 391 g/mol. The zero-order chi connectivity index (χ0) is 19.5. The Bertz CT molecular complexity index is 1100. The van der Waals surface area contributed by atoms with Crippen LogP contribution in [0, 0.1) is 13.8 Å². The molecule has 0 unspecified atom stereocenters.